The SMILES string of the molecule is COC(=O)c1c(NC(=O)Cc2ccc(S(=O)(=O)C(C)C)cc2)sc2c1CCN(C(C)=O)C2. The van der Waals surface area contributed by atoms with E-state index in [1.165, 1.54) is 37.5 Å². The van der Waals surface area contributed by atoms with Gasteiger partial charge in [0.25, 0.3) is 0 Å². The molecule has 8 nitrogen and oxygen atoms in total. The van der Waals surface area contributed by atoms with Crippen molar-refractivity contribution in [3.8, 4) is 0 Å². The zero-order chi connectivity index (χ0) is 23.6. The van der Waals surface area contributed by atoms with E-state index in [0.717, 1.165) is 10.4 Å². The van der Waals surface area contributed by atoms with Gasteiger partial charge in [-0.15, -0.1) is 11.3 Å². The number of benzene rings is 1. The Labute approximate surface area is 191 Å². The molecule has 1 aromatic carbocycles. The highest BCUT2D eigenvalue weighted by Crippen LogP contribution is 2.37. The maximum Gasteiger partial charge on any atom is 0.341 e. The number of rotatable bonds is 6. The number of fused-ring (bicyclic) bond motifs is 1. The molecule has 0 spiro atoms. The van der Waals surface area contributed by atoms with Crippen LogP contribution in [0.25, 0.3) is 0 Å². The van der Waals surface area contributed by atoms with Gasteiger partial charge < -0.3 is 15.0 Å². The van der Waals surface area contributed by atoms with Crippen molar-refractivity contribution in [1.29, 1.82) is 0 Å². The van der Waals surface area contributed by atoms with Gasteiger partial charge >= 0.3 is 5.97 Å². The van der Waals surface area contributed by atoms with Gasteiger partial charge in [0, 0.05) is 18.3 Å². The van der Waals surface area contributed by atoms with E-state index in [1.807, 2.05) is 0 Å². The van der Waals surface area contributed by atoms with Crippen LogP contribution in [0.1, 0.15) is 47.1 Å². The average Bonchev–Trinajstić information content (AvgIpc) is 3.10. The molecule has 0 radical (unpaired) electrons. The van der Waals surface area contributed by atoms with E-state index in [4.69, 9.17) is 4.74 Å². The summed E-state index contributed by atoms with van der Waals surface area (Å²) in [6.45, 7) is 5.63. The molecule has 0 bridgehead atoms. The average molecular weight is 479 g/mol. The van der Waals surface area contributed by atoms with Crippen LogP contribution in [0, 0.1) is 0 Å². The summed E-state index contributed by atoms with van der Waals surface area (Å²) in [4.78, 5) is 39.6. The third-order valence-corrected chi connectivity index (χ3v) is 8.68. The van der Waals surface area contributed by atoms with Gasteiger partial charge in [0.2, 0.25) is 11.8 Å². The van der Waals surface area contributed by atoms with E-state index in [2.05, 4.69) is 5.32 Å². The Bertz CT molecular complexity index is 1150. The Kier molecular flexibility index (Phi) is 7.04. The highest BCUT2D eigenvalue weighted by molar-refractivity contribution is 7.92. The highest BCUT2D eigenvalue weighted by Gasteiger charge is 2.30. The number of sulfone groups is 1. The fraction of sp³-hybridized carbons (Fsp3) is 0.409. The summed E-state index contributed by atoms with van der Waals surface area (Å²) in [6, 6.07) is 6.22. The summed E-state index contributed by atoms with van der Waals surface area (Å²) >= 11 is 1.27. The second-order valence-corrected chi connectivity index (χ2v) is 11.5. The van der Waals surface area contributed by atoms with E-state index in [9.17, 15) is 22.8 Å². The van der Waals surface area contributed by atoms with Crippen molar-refractivity contribution in [2.75, 3.05) is 19.0 Å². The second kappa shape index (κ2) is 9.41. The number of methoxy groups -OCH3 is 1. The number of thiophene rings is 1. The number of nitrogens with one attached hydrogen (secondary N) is 1. The fourth-order valence-corrected chi connectivity index (χ4v) is 5.83. The van der Waals surface area contributed by atoms with Gasteiger partial charge in [0.15, 0.2) is 9.84 Å². The quantitative estimate of drug-likeness (QED) is 0.640. The summed E-state index contributed by atoms with van der Waals surface area (Å²) in [6.07, 6.45) is 0.530. The summed E-state index contributed by atoms with van der Waals surface area (Å²) in [5.74, 6) is -0.911. The molecule has 172 valence electrons. The first-order chi connectivity index (χ1) is 15.0. The predicted octanol–water partition coefficient (Wildman–Crippen LogP) is 2.80. The molecule has 10 heteroatoms. The molecule has 1 N–H and O–H groups in total. The van der Waals surface area contributed by atoms with E-state index < -0.39 is 21.1 Å². The zero-order valence-electron chi connectivity index (χ0n) is 18.4. The van der Waals surface area contributed by atoms with Gasteiger partial charge in [-0.3, -0.25) is 9.59 Å². The van der Waals surface area contributed by atoms with Gasteiger partial charge in [-0.25, -0.2) is 13.2 Å². The largest absolute Gasteiger partial charge is 0.465 e. The van der Waals surface area contributed by atoms with Crippen molar-refractivity contribution in [2.24, 2.45) is 0 Å². The molecule has 0 atom stereocenters. The van der Waals surface area contributed by atoms with Crippen LogP contribution in [-0.4, -0.2) is 50.0 Å². The van der Waals surface area contributed by atoms with Crippen LogP contribution in [0.2, 0.25) is 0 Å². The maximum atomic E-state index is 12.7. The Morgan fingerprint density at radius 1 is 1.19 bits per heavy atom. The molecule has 1 aliphatic heterocycles. The Balaban J connectivity index is 1.79. The van der Waals surface area contributed by atoms with Crippen LogP contribution in [0.4, 0.5) is 5.00 Å². The summed E-state index contributed by atoms with van der Waals surface area (Å²) < 4.78 is 29.4. The smallest absolute Gasteiger partial charge is 0.341 e. The Morgan fingerprint density at radius 2 is 1.84 bits per heavy atom. The lowest BCUT2D eigenvalue weighted by Gasteiger charge is -2.25. The topological polar surface area (TPSA) is 110 Å². The molecule has 2 aromatic rings. The summed E-state index contributed by atoms with van der Waals surface area (Å²) in [7, 11) is -2.09. The predicted molar refractivity (Wildman–Crippen MR) is 122 cm³/mol. The fourth-order valence-electron chi connectivity index (χ4n) is 3.50. The lowest BCUT2D eigenvalue weighted by molar-refractivity contribution is -0.129. The van der Waals surface area contributed by atoms with E-state index in [-0.39, 0.29) is 23.1 Å². The number of hydrogen-bond acceptors (Lipinski definition) is 7. The lowest BCUT2D eigenvalue weighted by atomic mass is 10.0. The van der Waals surface area contributed by atoms with Crippen molar-refractivity contribution in [2.45, 2.75) is 50.3 Å². The lowest BCUT2D eigenvalue weighted by Crippen LogP contribution is -2.33. The number of carbonyl (C=O) groups excluding carboxylic acids is 3. The normalized spacial score (nSPS) is 13.6. The molecule has 0 fully saturated rings. The molecule has 1 aliphatic rings. The first kappa shape index (κ1) is 23.9. The molecular weight excluding hydrogens is 452 g/mol. The Hall–Kier alpha value is -2.72. The molecule has 32 heavy (non-hydrogen) atoms. The van der Waals surface area contributed by atoms with Gasteiger partial charge in [0.05, 0.1) is 35.8 Å². The van der Waals surface area contributed by atoms with Crippen molar-refractivity contribution in [1.82, 2.24) is 4.90 Å². The third-order valence-electron chi connectivity index (χ3n) is 5.38. The first-order valence-electron chi connectivity index (χ1n) is 10.2. The molecule has 1 aromatic heterocycles. The molecule has 2 heterocycles. The number of hydrogen-bond donors (Lipinski definition) is 1. The van der Waals surface area contributed by atoms with Crippen LogP contribution >= 0.6 is 11.3 Å². The second-order valence-electron chi connectivity index (χ2n) is 7.85. The summed E-state index contributed by atoms with van der Waals surface area (Å²) in [5, 5.41) is 2.66. The van der Waals surface area contributed by atoms with Crippen molar-refractivity contribution in [3.05, 3.63) is 45.8 Å². The first-order valence-corrected chi connectivity index (χ1v) is 12.5. The molecule has 0 saturated carbocycles. The third kappa shape index (κ3) is 4.86. The number of carbonyl (C=O) groups is 3. The van der Waals surface area contributed by atoms with Crippen LogP contribution in [-0.2, 0) is 43.5 Å². The van der Waals surface area contributed by atoms with Crippen LogP contribution in [0.15, 0.2) is 29.2 Å². The van der Waals surface area contributed by atoms with E-state index in [0.29, 0.717) is 35.6 Å². The van der Waals surface area contributed by atoms with Crippen LogP contribution < -0.4 is 5.32 Å². The highest BCUT2D eigenvalue weighted by atomic mass is 32.2. The summed E-state index contributed by atoms with van der Waals surface area (Å²) in [5.41, 5.74) is 1.79. The minimum absolute atomic E-state index is 0.0186. The molecule has 2 amide bonds. The van der Waals surface area contributed by atoms with Gasteiger partial charge in [0.1, 0.15) is 5.00 Å². The minimum atomic E-state index is -3.38. The molecule has 0 unspecified atom stereocenters. The minimum Gasteiger partial charge on any atom is -0.465 e. The number of ether oxygens (including phenoxy) is 1. The number of esters is 1. The van der Waals surface area contributed by atoms with E-state index in [1.54, 1.807) is 30.9 Å². The zero-order valence-corrected chi connectivity index (χ0v) is 20.1. The van der Waals surface area contributed by atoms with Crippen molar-refractivity contribution in [3.63, 3.8) is 0 Å². The maximum absolute atomic E-state index is 12.7. The molecular formula is C22H26N2O6S2. The number of nitrogens with zero attached hydrogens (tertiary/aromatic N) is 1. The van der Waals surface area contributed by atoms with Crippen LogP contribution in [0.3, 0.4) is 0 Å². The van der Waals surface area contributed by atoms with Gasteiger partial charge in [-0.05, 0) is 43.5 Å². The van der Waals surface area contributed by atoms with E-state index >= 15 is 0 Å². The van der Waals surface area contributed by atoms with Gasteiger partial charge in [-0.1, -0.05) is 12.1 Å². The number of amides is 2. The van der Waals surface area contributed by atoms with Gasteiger partial charge in [-0.2, -0.15) is 0 Å². The van der Waals surface area contributed by atoms with Crippen LogP contribution in [0.5, 0.6) is 0 Å². The monoisotopic (exact) mass is 478 g/mol. The van der Waals surface area contributed by atoms with Crippen molar-refractivity contribution < 1.29 is 27.5 Å². The number of anilines is 1. The molecule has 3 rings (SSSR count). The standard InChI is InChI=1S/C22H26N2O6S2/c1-13(2)32(28,29)16-7-5-15(6-8-16)11-19(26)23-21-20(22(27)30-4)17-9-10-24(14(3)25)12-18(17)31-21/h5-8,13H,9-12H2,1-4H3,(H,23,26). The van der Waals surface area contributed by atoms with Crippen molar-refractivity contribution >= 4 is 44.0 Å². The molecule has 0 aliphatic carbocycles. The Morgan fingerprint density at radius 3 is 2.41 bits per heavy atom. The molecule has 0 saturated heterocycles.